The van der Waals surface area contributed by atoms with Crippen LogP contribution in [0.5, 0.6) is 0 Å². The summed E-state index contributed by atoms with van der Waals surface area (Å²) in [4.78, 5) is 11.1. The Kier molecular flexibility index (Phi) is 2.79. The van der Waals surface area contributed by atoms with Gasteiger partial charge in [0.2, 0.25) is 5.91 Å². The molecule has 0 atom stereocenters. The van der Waals surface area contributed by atoms with E-state index in [1.165, 1.54) is 19.1 Å². The summed E-state index contributed by atoms with van der Waals surface area (Å²) in [5.41, 5.74) is 4.51. The van der Waals surface area contributed by atoms with Crippen LogP contribution in [0.25, 0.3) is 11.1 Å². The van der Waals surface area contributed by atoms with Crippen LogP contribution in [0.15, 0.2) is 30.3 Å². The molecule has 0 unspecified atom stereocenters. The predicted octanol–water partition coefficient (Wildman–Crippen LogP) is 4.01. The van der Waals surface area contributed by atoms with Gasteiger partial charge in [-0.25, -0.2) is 4.39 Å². The maximum atomic E-state index is 13.2. The van der Waals surface area contributed by atoms with Gasteiger partial charge in [-0.3, -0.25) is 4.79 Å². The Morgan fingerprint density at radius 2 is 2.05 bits per heavy atom. The Labute approximate surface area is 115 Å². The maximum Gasteiger partial charge on any atom is 0.221 e. The van der Waals surface area contributed by atoms with E-state index in [-0.39, 0.29) is 11.7 Å². The van der Waals surface area contributed by atoms with Gasteiger partial charge in [0.15, 0.2) is 0 Å². The third-order valence-electron chi connectivity index (χ3n) is 3.21. The van der Waals surface area contributed by atoms with E-state index in [1.54, 1.807) is 12.1 Å². The molecular weight excluding hydrogens is 265 g/mol. The topological polar surface area (TPSA) is 29.1 Å². The minimum absolute atomic E-state index is 0.141. The molecule has 0 bridgehead atoms. The van der Waals surface area contributed by atoms with Crippen molar-refractivity contribution in [3.8, 4) is 11.1 Å². The average molecular weight is 276 g/mol. The fourth-order valence-electron chi connectivity index (χ4n) is 2.54. The van der Waals surface area contributed by atoms with Crippen molar-refractivity contribution in [1.29, 1.82) is 0 Å². The molecule has 0 heterocycles. The second-order valence-electron chi connectivity index (χ2n) is 4.65. The molecule has 0 aromatic heterocycles. The SMILES string of the molecule is CC(=O)Nc1cc(Cl)c2c(c1)Cc1cc(F)ccc1-2. The van der Waals surface area contributed by atoms with Crippen molar-refractivity contribution in [3.63, 3.8) is 0 Å². The molecule has 0 fully saturated rings. The van der Waals surface area contributed by atoms with Gasteiger partial charge in [-0.15, -0.1) is 0 Å². The van der Waals surface area contributed by atoms with Crippen LogP contribution in [0.4, 0.5) is 10.1 Å². The number of anilines is 1. The summed E-state index contributed by atoms with van der Waals surface area (Å²) in [6, 6.07) is 8.33. The Hall–Kier alpha value is -1.87. The van der Waals surface area contributed by atoms with Crippen molar-refractivity contribution >= 4 is 23.2 Å². The third kappa shape index (κ3) is 2.10. The zero-order valence-corrected chi connectivity index (χ0v) is 11.0. The largest absolute Gasteiger partial charge is 0.326 e. The van der Waals surface area contributed by atoms with E-state index >= 15 is 0 Å². The van der Waals surface area contributed by atoms with Gasteiger partial charge in [-0.05, 0) is 47.4 Å². The summed E-state index contributed by atoms with van der Waals surface area (Å²) in [5.74, 6) is -0.387. The first-order chi connectivity index (χ1) is 9.04. The van der Waals surface area contributed by atoms with Crippen LogP contribution in [0.2, 0.25) is 5.02 Å². The molecule has 0 spiro atoms. The molecule has 0 radical (unpaired) electrons. The van der Waals surface area contributed by atoms with E-state index in [0.29, 0.717) is 17.1 Å². The molecule has 1 amide bonds. The van der Waals surface area contributed by atoms with Crippen molar-refractivity contribution in [2.75, 3.05) is 5.32 Å². The van der Waals surface area contributed by atoms with Crippen LogP contribution < -0.4 is 5.32 Å². The summed E-state index contributed by atoms with van der Waals surface area (Å²) in [7, 11) is 0. The molecule has 3 rings (SSSR count). The first kappa shape index (κ1) is 12.2. The number of halogens is 2. The van der Waals surface area contributed by atoms with Crippen LogP contribution >= 0.6 is 11.6 Å². The van der Waals surface area contributed by atoms with E-state index < -0.39 is 0 Å². The molecule has 1 N–H and O–H groups in total. The molecule has 0 saturated heterocycles. The standard InChI is InChI=1S/C15H11ClFNO/c1-8(19)18-12-6-10-4-9-5-11(17)2-3-13(9)15(10)14(16)7-12/h2-3,5-7H,4H2,1H3,(H,18,19). The van der Waals surface area contributed by atoms with Crippen molar-refractivity contribution in [2.45, 2.75) is 13.3 Å². The van der Waals surface area contributed by atoms with Gasteiger partial charge in [-0.2, -0.15) is 0 Å². The van der Waals surface area contributed by atoms with E-state index in [2.05, 4.69) is 5.32 Å². The number of rotatable bonds is 1. The lowest BCUT2D eigenvalue weighted by Crippen LogP contribution is -2.06. The number of hydrogen-bond acceptors (Lipinski definition) is 1. The maximum absolute atomic E-state index is 13.2. The Morgan fingerprint density at radius 1 is 1.26 bits per heavy atom. The molecule has 19 heavy (non-hydrogen) atoms. The van der Waals surface area contributed by atoms with E-state index in [4.69, 9.17) is 11.6 Å². The Balaban J connectivity index is 2.12. The second-order valence-corrected chi connectivity index (χ2v) is 5.06. The van der Waals surface area contributed by atoms with Crippen LogP contribution in [-0.4, -0.2) is 5.91 Å². The fraction of sp³-hybridized carbons (Fsp3) is 0.133. The second kappa shape index (κ2) is 4.35. The number of fused-ring (bicyclic) bond motifs is 3. The normalized spacial score (nSPS) is 11.9. The minimum Gasteiger partial charge on any atom is -0.326 e. The summed E-state index contributed by atoms with van der Waals surface area (Å²) in [6.45, 7) is 1.45. The first-order valence-corrected chi connectivity index (χ1v) is 6.31. The third-order valence-corrected chi connectivity index (χ3v) is 3.51. The number of carbonyl (C=O) groups excluding carboxylic acids is 1. The molecule has 0 aliphatic heterocycles. The summed E-state index contributed by atoms with van der Waals surface area (Å²) in [5, 5.41) is 3.29. The zero-order chi connectivity index (χ0) is 13.6. The molecule has 96 valence electrons. The van der Waals surface area contributed by atoms with Gasteiger partial charge in [0.25, 0.3) is 0 Å². The molecule has 1 aliphatic carbocycles. The monoisotopic (exact) mass is 275 g/mol. The minimum atomic E-state index is -0.246. The smallest absolute Gasteiger partial charge is 0.221 e. The van der Waals surface area contributed by atoms with Crippen molar-refractivity contribution < 1.29 is 9.18 Å². The van der Waals surface area contributed by atoms with Crippen molar-refractivity contribution in [1.82, 2.24) is 0 Å². The molecule has 2 aromatic carbocycles. The predicted molar refractivity (Wildman–Crippen MR) is 74.0 cm³/mol. The van der Waals surface area contributed by atoms with Gasteiger partial charge in [0, 0.05) is 18.2 Å². The summed E-state index contributed by atoms with van der Waals surface area (Å²) >= 11 is 6.28. The summed E-state index contributed by atoms with van der Waals surface area (Å²) in [6.07, 6.45) is 0.634. The van der Waals surface area contributed by atoms with Gasteiger partial charge in [0.05, 0.1) is 5.02 Å². The quantitative estimate of drug-likeness (QED) is 0.714. The van der Waals surface area contributed by atoms with Crippen molar-refractivity contribution in [3.05, 3.63) is 52.3 Å². The average Bonchev–Trinajstić information content (AvgIpc) is 2.65. The highest BCUT2D eigenvalue weighted by molar-refractivity contribution is 6.34. The fourth-order valence-corrected chi connectivity index (χ4v) is 2.88. The van der Waals surface area contributed by atoms with Gasteiger partial charge in [0.1, 0.15) is 5.82 Å². The van der Waals surface area contributed by atoms with Gasteiger partial charge >= 0.3 is 0 Å². The highest BCUT2D eigenvalue weighted by Crippen LogP contribution is 2.42. The number of carbonyl (C=O) groups is 1. The molecule has 1 aliphatic rings. The Bertz CT molecular complexity index is 697. The van der Waals surface area contributed by atoms with E-state index in [1.807, 2.05) is 6.07 Å². The number of nitrogens with one attached hydrogen (secondary N) is 1. The highest BCUT2D eigenvalue weighted by Gasteiger charge is 2.22. The number of hydrogen-bond donors (Lipinski definition) is 1. The van der Waals surface area contributed by atoms with Gasteiger partial charge < -0.3 is 5.32 Å². The molecule has 2 aromatic rings. The number of amides is 1. The van der Waals surface area contributed by atoms with Gasteiger partial charge in [-0.1, -0.05) is 17.7 Å². The van der Waals surface area contributed by atoms with Crippen molar-refractivity contribution in [2.24, 2.45) is 0 Å². The molecular formula is C15H11ClFNO. The van der Waals surface area contributed by atoms with E-state index in [9.17, 15) is 9.18 Å². The van der Waals surface area contributed by atoms with Crippen LogP contribution in [-0.2, 0) is 11.2 Å². The van der Waals surface area contributed by atoms with Crippen LogP contribution in [0.1, 0.15) is 18.1 Å². The lowest BCUT2D eigenvalue weighted by atomic mass is 10.1. The lowest BCUT2D eigenvalue weighted by molar-refractivity contribution is -0.114. The highest BCUT2D eigenvalue weighted by atomic mass is 35.5. The van der Waals surface area contributed by atoms with Crippen LogP contribution in [0, 0.1) is 5.82 Å². The number of benzene rings is 2. The molecule has 0 saturated carbocycles. The molecule has 4 heteroatoms. The van der Waals surface area contributed by atoms with E-state index in [0.717, 1.165) is 22.3 Å². The Morgan fingerprint density at radius 3 is 2.79 bits per heavy atom. The first-order valence-electron chi connectivity index (χ1n) is 5.93. The van der Waals surface area contributed by atoms with Crippen LogP contribution in [0.3, 0.4) is 0 Å². The lowest BCUT2D eigenvalue weighted by Gasteiger charge is -2.08. The summed E-state index contributed by atoms with van der Waals surface area (Å²) < 4.78 is 13.2. The zero-order valence-electron chi connectivity index (χ0n) is 10.3. The molecule has 2 nitrogen and oxygen atoms in total.